The molecule has 0 saturated heterocycles. The van der Waals surface area contributed by atoms with Gasteiger partial charge in [0.2, 0.25) is 0 Å². The van der Waals surface area contributed by atoms with Crippen LogP contribution in [0.2, 0.25) is 0 Å². The summed E-state index contributed by atoms with van der Waals surface area (Å²) in [5, 5.41) is 3.09. The van der Waals surface area contributed by atoms with Crippen LogP contribution < -0.4 is 5.32 Å². The Morgan fingerprint density at radius 2 is 2.40 bits per heavy atom. The summed E-state index contributed by atoms with van der Waals surface area (Å²) in [6, 6.07) is 0. The number of allylic oxidation sites excluding steroid dienone is 2. The van der Waals surface area contributed by atoms with Gasteiger partial charge in [-0.1, -0.05) is 23.2 Å². The fraction of sp³-hybridized carbons (Fsp3) is 0.167. The summed E-state index contributed by atoms with van der Waals surface area (Å²) in [5.41, 5.74) is 0. The predicted molar refractivity (Wildman–Crippen MR) is 40.9 cm³/mol. The molecule has 1 unspecified atom stereocenters. The zero-order valence-corrected chi connectivity index (χ0v) is 6.49. The average molecular weight is 178 g/mol. The first-order valence-electron chi connectivity index (χ1n) is 2.64. The summed E-state index contributed by atoms with van der Waals surface area (Å²) in [6.45, 7) is 0. The fourth-order valence-electron chi connectivity index (χ4n) is 0.607. The predicted octanol–water partition coefficient (Wildman–Crippen LogP) is 1.36. The van der Waals surface area contributed by atoms with E-state index in [1.807, 2.05) is 0 Å². The van der Waals surface area contributed by atoms with Crippen molar-refractivity contribution in [2.75, 3.05) is 0 Å². The summed E-state index contributed by atoms with van der Waals surface area (Å²) in [6.07, 6.45) is 5.17. The summed E-state index contributed by atoms with van der Waals surface area (Å²) < 4.78 is 0. The van der Waals surface area contributed by atoms with E-state index in [0.29, 0.717) is 11.3 Å². The molecular weight excluding hydrogens is 173 g/mol. The van der Waals surface area contributed by atoms with E-state index < -0.39 is 5.00 Å². The van der Waals surface area contributed by atoms with Crippen LogP contribution in [0.3, 0.4) is 0 Å². The van der Waals surface area contributed by atoms with Crippen LogP contribution in [0.1, 0.15) is 0 Å². The third-order valence-corrected chi connectivity index (χ3v) is 1.61. The number of halogens is 2. The molecule has 0 saturated carbocycles. The van der Waals surface area contributed by atoms with Crippen LogP contribution in [0.4, 0.5) is 0 Å². The van der Waals surface area contributed by atoms with Crippen molar-refractivity contribution < 1.29 is 4.79 Å². The Balaban J connectivity index is 2.86. The lowest BCUT2D eigenvalue weighted by Gasteiger charge is -2.19. The van der Waals surface area contributed by atoms with Gasteiger partial charge in [0.1, 0.15) is 0 Å². The molecule has 4 heteroatoms. The molecule has 0 fully saturated rings. The quantitative estimate of drug-likeness (QED) is 0.373. The number of nitrogens with one attached hydrogen (secondary N) is 1. The van der Waals surface area contributed by atoms with Crippen molar-refractivity contribution in [1.29, 1.82) is 0 Å². The average Bonchev–Trinajstić information content (AvgIpc) is 1.88. The van der Waals surface area contributed by atoms with Gasteiger partial charge < -0.3 is 5.32 Å². The molecule has 0 aromatic rings. The van der Waals surface area contributed by atoms with Crippen molar-refractivity contribution >= 4 is 29.5 Å². The zero-order chi connectivity index (χ0) is 7.61. The van der Waals surface area contributed by atoms with E-state index in [1.165, 1.54) is 12.3 Å². The standard InChI is InChI=1S/C6H5Cl2NO/c7-5-1-2-9-6(8,3-5)4-10/h1-4,9H. The van der Waals surface area contributed by atoms with Crippen LogP contribution in [0.15, 0.2) is 23.4 Å². The minimum Gasteiger partial charge on any atom is -0.364 e. The van der Waals surface area contributed by atoms with Gasteiger partial charge in [-0.25, -0.2) is 0 Å². The van der Waals surface area contributed by atoms with Crippen LogP contribution in [0.25, 0.3) is 0 Å². The largest absolute Gasteiger partial charge is 0.364 e. The van der Waals surface area contributed by atoms with Crippen LogP contribution >= 0.6 is 23.2 Å². The van der Waals surface area contributed by atoms with Gasteiger partial charge in [0.25, 0.3) is 0 Å². The molecule has 54 valence electrons. The molecule has 0 aromatic carbocycles. The molecule has 1 aliphatic rings. The van der Waals surface area contributed by atoms with E-state index in [2.05, 4.69) is 5.32 Å². The molecule has 0 spiro atoms. The van der Waals surface area contributed by atoms with Gasteiger partial charge in [0.05, 0.1) is 0 Å². The third-order valence-electron chi connectivity index (χ3n) is 1.07. The van der Waals surface area contributed by atoms with Gasteiger partial charge in [-0.15, -0.1) is 0 Å². The first-order valence-corrected chi connectivity index (χ1v) is 3.40. The molecule has 1 atom stereocenters. The molecule has 0 aliphatic carbocycles. The first kappa shape index (κ1) is 7.63. The molecule has 0 bridgehead atoms. The van der Waals surface area contributed by atoms with Crippen molar-refractivity contribution in [2.24, 2.45) is 0 Å². The van der Waals surface area contributed by atoms with Crippen molar-refractivity contribution in [3.05, 3.63) is 23.4 Å². The minimum atomic E-state index is -1.15. The number of carbonyl (C=O) groups is 1. The number of hydrogen-bond donors (Lipinski definition) is 1. The van der Waals surface area contributed by atoms with Gasteiger partial charge in [-0.05, 0) is 18.4 Å². The van der Waals surface area contributed by atoms with E-state index in [1.54, 1.807) is 6.08 Å². The second-order valence-corrected chi connectivity index (χ2v) is 2.95. The molecule has 2 nitrogen and oxygen atoms in total. The molecule has 1 rings (SSSR count). The van der Waals surface area contributed by atoms with E-state index in [-0.39, 0.29) is 0 Å². The van der Waals surface area contributed by atoms with Gasteiger partial charge >= 0.3 is 0 Å². The van der Waals surface area contributed by atoms with Crippen LogP contribution in [0, 0.1) is 0 Å². The number of aldehydes is 1. The molecular formula is C6H5Cl2NO. The van der Waals surface area contributed by atoms with Gasteiger partial charge in [-0.3, -0.25) is 4.79 Å². The lowest BCUT2D eigenvalue weighted by atomic mass is 10.2. The van der Waals surface area contributed by atoms with Crippen molar-refractivity contribution in [3.8, 4) is 0 Å². The van der Waals surface area contributed by atoms with E-state index >= 15 is 0 Å². The van der Waals surface area contributed by atoms with Crippen molar-refractivity contribution in [3.63, 3.8) is 0 Å². The Kier molecular flexibility index (Phi) is 2.02. The zero-order valence-electron chi connectivity index (χ0n) is 4.97. The summed E-state index contributed by atoms with van der Waals surface area (Å²) in [7, 11) is 0. The van der Waals surface area contributed by atoms with Gasteiger partial charge in [-0.2, -0.15) is 0 Å². The Bertz CT molecular complexity index is 212. The van der Waals surface area contributed by atoms with Crippen LogP contribution in [0.5, 0.6) is 0 Å². The molecule has 0 amide bonds. The monoisotopic (exact) mass is 177 g/mol. The highest BCUT2D eigenvalue weighted by molar-refractivity contribution is 6.36. The minimum absolute atomic E-state index is 0.459. The van der Waals surface area contributed by atoms with Crippen LogP contribution in [-0.2, 0) is 4.79 Å². The van der Waals surface area contributed by atoms with Gasteiger partial charge in [0, 0.05) is 5.03 Å². The van der Waals surface area contributed by atoms with E-state index in [9.17, 15) is 4.79 Å². The number of hydrogen-bond acceptors (Lipinski definition) is 2. The normalized spacial score (nSPS) is 30.8. The highest BCUT2D eigenvalue weighted by Gasteiger charge is 2.23. The van der Waals surface area contributed by atoms with Crippen molar-refractivity contribution in [2.45, 2.75) is 5.00 Å². The summed E-state index contributed by atoms with van der Waals surface area (Å²) >= 11 is 11.2. The number of alkyl halides is 1. The second kappa shape index (κ2) is 2.64. The number of dihydropyridines is 1. The lowest BCUT2D eigenvalue weighted by Crippen LogP contribution is -2.37. The smallest absolute Gasteiger partial charge is 0.188 e. The maximum atomic E-state index is 10.3. The number of carbonyl (C=O) groups excluding carboxylic acids is 1. The Hall–Kier alpha value is -0.470. The fourth-order valence-corrected chi connectivity index (χ4v) is 1.08. The second-order valence-electron chi connectivity index (χ2n) is 1.89. The van der Waals surface area contributed by atoms with E-state index in [4.69, 9.17) is 23.2 Å². The number of rotatable bonds is 1. The lowest BCUT2D eigenvalue weighted by molar-refractivity contribution is -0.109. The molecule has 0 radical (unpaired) electrons. The molecule has 1 heterocycles. The SMILES string of the molecule is O=CC1(Cl)C=C(Cl)C=CN1. The topological polar surface area (TPSA) is 29.1 Å². The highest BCUT2D eigenvalue weighted by atomic mass is 35.5. The maximum absolute atomic E-state index is 10.3. The van der Waals surface area contributed by atoms with E-state index in [0.717, 1.165) is 0 Å². The first-order chi connectivity index (χ1) is 4.66. The van der Waals surface area contributed by atoms with Crippen molar-refractivity contribution in [1.82, 2.24) is 5.32 Å². The summed E-state index contributed by atoms with van der Waals surface area (Å²) in [5.74, 6) is 0. The molecule has 10 heavy (non-hydrogen) atoms. The highest BCUT2D eigenvalue weighted by Crippen LogP contribution is 2.19. The third kappa shape index (κ3) is 1.52. The summed E-state index contributed by atoms with van der Waals surface area (Å²) in [4.78, 5) is 9.15. The maximum Gasteiger partial charge on any atom is 0.188 e. The van der Waals surface area contributed by atoms with Gasteiger partial charge in [0.15, 0.2) is 11.3 Å². The Morgan fingerprint density at radius 1 is 1.70 bits per heavy atom. The molecule has 1 aliphatic heterocycles. The van der Waals surface area contributed by atoms with Crippen LogP contribution in [-0.4, -0.2) is 11.3 Å². The molecule has 0 aromatic heterocycles. The Labute approximate surface area is 68.5 Å². The Morgan fingerprint density at radius 3 is 2.80 bits per heavy atom. The molecule has 1 N–H and O–H groups in total.